The number of anilines is 2. The molecule has 0 bridgehead atoms. The molecule has 6 nitrogen and oxygen atoms in total. The summed E-state index contributed by atoms with van der Waals surface area (Å²) in [6.45, 7) is 0. The van der Waals surface area contributed by atoms with Gasteiger partial charge in [-0.25, -0.2) is 4.79 Å². The highest BCUT2D eigenvalue weighted by Crippen LogP contribution is 2.29. The standard InChI is InChI=1S/C16H12Cl2N4O2S/c1-24-11-4-2-3-9(7-11)14-21-22-16(25-14)20-15(23)19-10-5-6-12(17)13(18)8-10/h2-8H,1H3,(H2,19,20,22,23). The summed E-state index contributed by atoms with van der Waals surface area (Å²) < 4.78 is 5.19. The van der Waals surface area contributed by atoms with Crippen molar-refractivity contribution in [2.75, 3.05) is 17.7 Å². The molecule has 0 saturated heterocycles. The van der Waals surface area contributed by atoms with E-state index in [0.29, 0.717) is 25.9 Å². The number of methoxy groups -OCH3 is 1. The van der Waals surface area contributed by atoms with E-state index in [2.05, 4.69) is 20.8 Å². The summed E-state index contributed by atoms with van der Waals surface area (Å²) in [5.41, 5.74) is 1.37. The monoisotopic (exact) mass is 394 g/mol. The Kier molecular flexibility index (Phi) is 5.37. The molecule has 2 amide bonds. The topological polar surface area (TPSA) is 76.1 Å². The van der Waals surface area contributed by atoms with E-state index in [-0.39, 0.29) is 0 Å². The third kappa shape index (κ3) is 4.39. The van der Waals surface area contributed by atoms with Crippen molar-refractivity contribution in [1.29, 1.82) is 0 Å². The average molecular weight is 395 g/mol. The van der Waals surface area contributed by atoms with Crippen molar-refractivity contribution in [1.82, 2.24) is 10.2 Å². The molecule has 0 saturated carbocycles. The molecule has 3 aromatic rings. The smallest absolute Gasteiger partial charge is 0.325 e. The normalized spacial score (nSPS) is 10.4. The molecule has 1 aromatic heterocycles. The minimum absolute atomic E-state index is 0.357. The lowest BCUT2D eigenvalue weighted by Gasteiger charge is -2.06. The van der Waals surface area contributed by atoms with E-state index in [9.17, 15) is 4.79 Å². The van der Waals surface area contributed by atoms with Crippen molar-refractivity contribution < 1.29 is 9.53 Å². The molecule has 25 heavy (non-hydrogen) atoms. The molecule has 0 unspecified atom stereocenters. The molecule has 128 valence electrons. The third-order valence-corrected chi connectivity index (χ3v) is 4.77. The predicted octanol–water partition coefficient (Wildman–Crippen LogP) is 5.16. The summed E-state index contributed by atoms with van der Waals surface area (Å²) in [5.74, 6) is 0.722. The molecule has 0 aliphatic rings. The number of carbonyl (C=O) groups excluding carboxylic acids is 1. The minimum Gasteiger partial charge on any atom is -0.497 e. The van der Waals surface area contributed by atoms with Crippen molar-refractivity contribution in [2.24, 2.45) is 0 Å². The zero-order valence-electron chi connectivity index (χ0n) is 12.9. The number of rotatable bonds is 4. The van der Waals surface area contributed by atoms with E-state index in [0.717, 1.165) is 11.3 Å². The fraction of sp³-hybridized carbons (Fsp3) is 0.0625. The van der Waals surface area contributed by atoms with Gasteiger partial charge in [0.1, 0.15) is 10.8 Å². The Morgan fingerprint density at radius 3 is 2.68 bits per heavy atom. The van der Waals surface area contributed by atoms with Crippen LogP contribution in [0, 0.1) is 0 Å². The van der Waals surface area contributed by atoms with Crippen LogP contribution in [0.25, 0.3) is 10.6 Å². The SMILES string of the molecule is COc1cccc(-c2nnc(NC(=O)Nc3ccc(Cl)c(Cl)c3)s2)c1. The van der Waals surface area contributed by atoms with Gasteiger partial charge >= 0.3 is 6.03 Å². The van der Waals surface area contributed by atoms with Crippen LogP contribution in [0.4, 0.5) is 15.6 Å². The Morgan fingerprint density at radius 1 is 1.08 bits per heavy atom. The largest absolute Gasteiger partial charge is 0.497 e. The van der Waals surface area contributed by atoms with E-state index in [1.165, 1.54) is 11.3 Å². The second-order valence-electron chi connectivity index (χ2n) is 4.85. The number of nitrogens with zero attached hydrogens (tertiary/aromatic N) is 2. The molecule has 3 rings (SSSR count). The van der Waals surface area contributed by atoms with Gasteiger partial charge in [0.25, 0.3) is 0 Å². The van der Waals surface area contributed by atoms with Gasteiger partial charge in [-0.05, 0) is 30.3 Å². The average Bonchev–Trinajstić information content (AvgIpc) is 3.06. The van der Waals surface area contributed by atoms with Crippen molar-refractivity contribution in [3.8, 4) is 16.3 Å². The Hall–Kier alpha value is -2.35. The molecule has 0 aliphatic heterocycles. The van der Waals surface area contributed by atoms with Crippen molar-refractivity contribution in [3.05, 3.63) is 52.5 Å². The highest BCUT2D eigenvalue weighted by Gasteiger charge is 2.11. The summed E-state index contributed by atoms with van der Waals surface area (Å²) in [6, 6.07) is 11.8. The molecule has 0 fully saturated rings. The number of amides is 2. The quantitative estimate of drug-likeness (QED) is 0.640. The van der Waals surface area contributed by atoms with E-state index < -0.39 is 6.03 Å². The zero-order valence-corrected chi connectivity index (χ0v) is 15.2. The lowest BCUT2D eigenvalue weighted by molar-refractivity contribution is 0.262. The lowest BCUT2D eigenvalue weighted by Crippen LogP contribution is -2.19. The van der Waals surface area contributed by atoms with E-state index in [1.807, 2.05) is 24.3 Å². The maximum absolute atomic E-state index is 12.0. The Labute approximate surface area is 157 Å². The number of aromatic nitrogens is 2. The maximum Gasteiger partial charge on any atom is 0.325 e. The molecule has 1 heterocycles. The van der Waals surface area contributed by atoms with Gasteiger partial charge < -0.3 is 10.1 Å². The molecule has 0 spiro atoms. The van der Waals surface area contributed by atoms with Crippen molar-refractivity contribution in [2.45, 2.75) is 0 Å². The number of benzene rings is 2. The van der Waals surface area contributed by atoms with Gasteiger partial charge in [-0.3, -0.25) is 5.32 Å². The Bertz CT molecular complexity index is 917. The van der Waals surface area contributed by atoms with Gasteiger partial charge in [0.2, 0.25) is 5.13 Å². The van der Waals surface area contributed by atoms with Crippen LogP contribution in [-0.2, 0) is 0 Å². The number of halogens is 2. The summed E-state index contributed by atoms with van der Waals surface area (Å²) in [5, 5.41) is 15.1. The van der Waals surface area contributed by atoms with Crippen LogP contribution in [0.3, 0.4) is 0 Å². The van der Waals surface area contributed by atoms with Crippen LogP contribution < -0.4 is 15.4 Å². The number of ether oxygens (including phenoxy) is 1. The number of hydrogen-bond donors (Lipinski definition) is 2. The van der Waals surface area contributed by atoms with Gasteiger partial charge in [0.05, 0.1) is 17.2 Å². The number of urea groups is 1. The minimum atomic E-state index is -0.452. The van der Waals surface area contributed by atoms with Gasteiger partial charge in [0, 0.05) is 11.3 Å². The van der Waals surface area contributed by atoms with Gasteiger partial charge in [-0.15, -0.1) is 10.2 Å². The molecule has 0 atom stereocenters. The van der Waals surface area contributed by atoms with Crippen LogP contribution in [0.2, 0.25) is 10.0 Å². The van der Waals surface area contributed by atoms with Crippen LogP contribution in [0.15, 0.2) is 42.5 Å². The summed E-state index contributed by atoms with van der Waals surface area (Å²) >= 11 is 13.0. The van der Waals surface area contributed by atoms with Gasteiger partial charge in [0.15, 0.2) is 0 Å². The fourth-order valence-electron chi connectivity index (χ4n) is 1.98. The first-order valence-electron chi connectivity index (χ1n) is 7.06. The number of hydrogen-bond acceptors (Lipinski definition) is 5. The molecule has 0 radical (unpaired) electrons. The van der Waals surface area contributed by atoms with E-state index >= 15 is 0 Å². The fourth-order valence-corrected chi connectivity index (χ4v) is 3.01. The molecular weight excluding hydrogens is 383 g/mol. The first-order valence-corrected chi connectivity index (χ1v) is 8.63. The first-order chi connectivity index (χ1) is 12.0. The van der Waals surface area contributed by atoms with Crippen molar-refractivity contribution >= 4 is 51.4 Å². The number of carbonyl (C=O) groups is 1. The van der Waals surface area contributed by atoms with E-state index in [4.69, 9.17) is 27.9 Å². The second-order valence-corrected chi connectivity index (χ2v) is 6.64. The number of nitrogens with one attached hydrogen (secondary N) is 2. The summed E-state index contributed by atoms with van der Waals surface area (Å²) in [7, 11) is 1.60. The molecule has 2 aromatic carbocycles. The molecule has 9 heteroatoms. The predicted molar refractivity (Wildman–Crippen MR) is 101 cm³/mol. The Balaban J connectivity index is 1.68. The van der Waals surface area contributed by atoms with Gasteiger partial charge in [-0.1, -0.05) is 46.7 Å². The highest BCUT2D eigenvalue weighted by atomic mass is 35.5. The molecule has 2 N–H and O–H groups in total. The van der Waals surface area contributed by atoms with Crippen molar-refractivity contribution in [3.63, 3.8) is 0 Å². The third-order valence-electron chi connectivity index (χ3n) is 3.14. The first kappa shape index (κ1) is 17.5. The highest BCUT2D eigenvalue weighted by molar-refractivity contribution is 7.18. The van der Waals surface area contributed by atoms with E-state index in [1.54, 1.807) is 25.3 Å². The second kappa shape index (κ2) is 7.69. The van der Waals surface area contributed by atoms with Crippen LogP contribution in [-0.4, -0.2) is 23.3 Å². The maximum atomic E-state index is 12.0. The zero-order chi connectivity index (χ0) is 17.8. The summed E-state index contributed by atoms with van der Waals surface area (Å²) in [4.78, 5) is 12.0. The molecule has 0 aliphatic carbocycles. The molecular formula is C16H12Cl2N4O2S. The Morgan fingerprint density at radius 2 is 1.92 bits per heavy atom. The van der Waals surface area contributed by atoms with Crippen LogP contribution >= 0.6 is 34.5 Å². The van der Waals surface area contributed by atoms with Crippen LogP contribution in [0.1, 0.15) is 0 Å². The van der Waals surface area contributed by atoms with Gasteiger partial charge in [-0.2, -0.15) is 0 Å². The summed E-state index contributed by atoms with van der Waals surface area (Å²) in [6.07, 6.45) is 0. The van der Waals surface area contributed by atoms with Crippen LogP contribution in [0.5, 0.6) is 5.75 Å². The lowest BCUT2D eigenvalue weighted by atomic mass is 10.2.